The van der Waals surface area contributed by atoms with Crippen LogP contribution in [0.15, 0.2) is 43.2 Å². The number of anilines is 1. The standard InChI is InChI=1S/C31H38FN7O/c1-21(2)29-26(16-34-19-37-29)25-14-23(32)4-5-27(25)40-28-17-35-20-38-30(28)39-12-8-24(9-13-39)36-15-22-6-10-31(3,18-33)11-7-22/h4-5,14,16-17,19-22,24,36H,6-13,15H2,1-3H3. The second-order valence-electron chi connectivity index (χ2n) is 11.7. The molecule has 0 bridgehead atoms. The van der Waals surface area contributed by atoms with Crippen molar-refractivity contribution in [2.75, 3.05) is 24.5 Å². The number of benzene rings is 1. The van der Waals surface area contributed by atoms with Crippen LogP contribution in [0.5, 0.6) is 11.5 Å². The summed E-state index contributed by atoms with van der Waals surface area (Å²) in [4.78, 5) is 19.7. The van der Waals surface area contributed by atoms with Crippen molar-refractivity contribution in [3.63, 3.8) is 0 Å². The molecule has 2 aromatic heterocycles. The minimum atomic E-state index is -0.354. The van der Waals surface area contributed by atoms with Crippen molar-refractivity contribution in [2.45, 2.75) is 71.3 Å². The average molecular weight is 544 g/mol. The summed E-state index contributed by atoms with van der Waals surface area (Å²) < 4.78 is 20.8. The van der Waals surface area contributed by atoms with Crippen molar-refractivity contribution in [3.8, 4) is 28.7 Å². The monoisotopic (exact) mass is 543 g/mol. The molecule has 2 aliphatic rings. The molecule has 8 nitrogen and oxygen atoms in total. The van der Waals surface area contributed by atoms with E-state index in [0.717, 1.165) is 75.2 Å². The van der Waals surface area contributed by atoms with Gasteiger partial charge in [0, 0.05) is 36.5 Å². The van der Waals surface area contributed by atoms with Crippen molar-refractivity contribution in [1.82, 2.24) is 25.3 Å². The maximum atomic E-state index is 14.4. The molecule has 40 heavy (non-hydrogen) atoms. The fraction of sp³-hybridized carbons (Fsp3) is 0.516. The largest absolute Gasteiger partial charge is 0.451 e. The van der Waals surface area contributed by atoms with Gasteiger partial charge in [0.15, 0.2) is 11.6 Å². The normalized spacial score (nSPS) is 21.8. The predicted molar refractivity (Wildman–Crippen MR) is 153 cm³/mol. The third-order valence-electron chi connectivity index (χ3n) is 8.37. The predicted octanol–water partition coefficient (Wildman–Crippen LogP) is 6.27. The van der Waals surface area contributed by atoms with Crippen LogP contribution in [0.25, 0.3) is 11.1 Å². The first-order valence-electron chi connectivity index (χ1n) is 14.3. The molecule has 2 fully saturated rings. The molecule has 0 spiro atoms. The van der Waals surface area contributed by atoms with Crippen LogP contribution in [0.1, 0.15) is 70.9 Å². The van der Waals surface area contributed by atoms with E-state index in [1.54, 1.807) is 18.5 Å². The Balaban J connectivity index is 1.25. The van der Waals surface area contributed by atoms with Gasteiger partial charge in [-0.15, -0.1) is 0 Å². The smallest absolute Gasteiger partial charge is 0.188 e. The molecule has 1 aliphatic heterocycles. The molecule has 0 unspecified atom stereocenters. The van der Waals surface area contributed by atoms with E-state index in [1.165, 1.54) is 24.8 Å². The van der Waals surface area contributed by atoms with E-state index in [0.29, 0.717) is 29.0 Å². The van der Waals surface area contributed by atoms with Gasteiger partial charge in [0.05, 0.1) is 23.4 Å². The second-order valence-corrected chi connectivity index (χ2v) is 11.7. The lowest BCUT2D eigenvalue weighted by atomic mass is 9.72. The minimum Gasteiger partial charge on any atom is -0.451 e. The number of hydrogen-bond donors (Lipinski definition) is 1. The molecular formula is C31H38FN7O. The number of ether oxygens (including phenoxy) is 1. The molecule has 210 valence electrons. The van der Waals surface area contributed by atoms with Gasteiger partial charge in [-0.05, 0) is 82.0 Å². The van der Waals surface area contributed by atoms with E-state index in [1.807, 2.05) is 13.8 Å². The van der Waals surface area contributed by atoms with Crippen LogP contribution in [-0.2, 0) is 0 Å². The van der Waals surface area contributed by atoms with E-state index in [-0.39, 0.29) is 17.2 Å². The van der Waals surface area contributed by atoms with E-state index in [4.69, 9.17) is 4.74 Å². The lowest BCUT2D eigenvalue weighted by Gasteiger charge is -2.36. The molecular weight excluding hydrogens is 505 g/mol. The highest BCUT2D eigenvalue weighted by Gasteiger charge is 2.31. The summed E-state index contributed by atoms with van der Waals surface area (Å²) in [5, 5.41) is 13.2. The Bertz CT molecular complexity index is 1340. The zero-order valence-electron chi connectivity index (χ0n) is 23.6. The van der Waals surface area contributed by atoms with Crippen molar-refractivity contribution in [1.29, 1.82) is 5.26 Å². The molecule has 1 saturated heterocycles. The fourth-order valence-electron chi connectivity index (χ4n) is 5.81. The Labute approximate surface area is 236 Å². The molecule has 1 N–H and O–H groups in total. The lowest BCUT2D eigenvalue weighted by Crippen LogP contribution is -2.44. The summed E-state index contributed by atoms with van der Waals surface area (Å²) in [6, 6.07) is 7.46. The number of nitrogens with zero attached hydrogens (tertiary/aromatic N) is 6. The average Bonchev–Trinajstić information content (AvgIpc) is 2.98. The Kier molecular flexibility index (Phi) is 8.55. The molecule has 1 aromatic carbocycles. The summed E-state index contributed by atoms with van der Waals surface area (Å²) in [5.74, 6) is 2.21. The molecule has 0 atom stereocenters. The third-order valence-corrected chi connectivity index (χ3v) is 8.37. The van der Waals surface area contributed by atoms with Crippen LogP contribution < -0.4 is 15.0 Å². The van der Waals surface area contributed by atoms with Gasteiger partial charge in [0.25, 0.3) is 0 Å². The Morgan fingerprint density at radius 1 is 1.05 bits per heavy atom. The number of halogens is 1. The highest BCUT2D eigenvalue weighted by atomic mass is 19.1. The Hall–Kier alpha value is -3.64. The second kappa shape index (κ2) is 12.3. The Morgan fingerprint density at radius 3 is 2.50 bits per heavy atom. The van der Waals surface area contributed by atoms with Gasteiger partial charge in [-0.3, -0.25) is 0 Å². The van der Waals surface area contributed by atoms with E-state index >= 15 is 0 Å². The summed E-state index contributed by atoms with van der Waals surface area (Å²) in [5.41, 5.74) is 2.03. The highest BCUT2D eigenvalue weighted by Crippen LogP contribution is 2.40. The molecule has 1 saturated carbocycles. The van der Waals surface area contributed by atoms with Crippen LogP contribution >= 0.6 is 0 Å². The number of piperidine rings is 1. The van der Waals surface area contributed by atoms with Crippen LogP contribution in [-0.4, -0.2) is 45.6 Å². The van der Waals surface area contributed by atoms with Gasteiger partial charge in [-0.25, -0.2) is 24.3 Å². The van der Waals surface area contributed by atoms with E-state index in [2.05, 4.69) is 43.1 Å². The van der Waals surface area contributed by atoms with Crippen LogP contribution in [0.3, 0.4) is 0 Å². The quantitative estimate of drug-likeness (QED) is 0.355. The van der Waals surface area contributed by atoms with E-state index < -0.39 is 0 Å². The highest BCUT2D eigenvalue weighted by molar-refractivity contribution is 5.73. The molecule has 0 radical (unpaired) electrons. The summed E-state index contributed by atoms with van der Waals surface area (Å²) in [7, 11) is 0. The van der Waals surface area contributed by atoms with Gasteiger partial charge in [0.2, 0.25) is 0 Å². The molecule has 3 heterocycles. The molecule has 5 rings (SSSR count). The van der Waals surface area contributed by atoms with E-state index in [9.17, 15) is 9.65 Å². The number of rotatable bonds is 8. The van der Waals surface area contributed by atoms with Crippen LogP contribution in [0.2, 0.25) is 0 Å². The van der Waals surface area contributed by atoms with Gasteiger partial charge >= 0.3 is 0 Å². The third kappa shape index (κ3) is 6.39. The number of nitrogens with one attached hydrogen (secondary N) is 1. The minimum absolute atomic E-state index is 0.135. The van der Waals surface area contributed by atoms with Crippen molar-refractivity contribution in [2.24, 2.45) is 11.3 Å². The first-order valence-corrected chi connectivity index (χ1v) is 14.3. The maximum Gasteiger partial charge on any atom is 0.188 e. The summed E-state index contributed by atoms with van der Waals surface area (Å²) in [6.45, 7) is 8.90. The zero-order valence-corrected chi connectivity index (χ0v) is 23.6. The first kappa shape index (κ1) is 27.9. The fourth-order valence-corrected chi connectivity index (χ4v) is 5.81. The lowest BCUT2D eigenvalue weighted by molar-refractivity contribution is 0.218. The summed E-state index contributed by atoms with van der Waals surface area (Å²) in [6.07, 6.45) is 12.7. The van der Waals surface area contributed by atoms with Gasteiger partial charge < -0.3 is 15.0 Å². The van der Waals surface area contributed by atoms with Crippen LogP contribution in [0.4, 0.5) is 10.2 Å². The molecule has 3 aromatic rings. The van der Waals surface area contributed by atoms with Crippen molar-refractivity contribution in [3.05, 3.63) is 54.8 Å². The zero-order chi connectivity index (χ0) is 28.1. The first-order chi connectivity index (χ1) is 19.3. The Morgan fingerprint density at radius 2 is 1.77 bits per heavy atom. The number of aromatic nitrogens is 4. The molecule has 1 aliphatic carbocycles. The van der Waals surface area contributed by atoms with Gasteiger partial charge in [-0.2, -0.15) is 5.26 Å². The van der Waals surface area contributed by atoms with Crippen LogP contribution in [0, 0.1) is 28.5 Å². The molecule has 0 amide bonds. The number of nitriles is 1. The van der Waals surface area contributed by atoms with Crippen molar-refractivity contribution < 1.29 is 9.13 Å². The summed E-state index contributed by atoms with van der Waals surface area (Å²) >= 11 is 0. The van der Waals surface area contributed by atoms with Crippen molar-refractivity contribution >= 4 is 5.82 Å². The topological polar surface area (TPSA) is 99.8 Å². The van der Waals surface area contributed by atoms with Gasteiger partial charge in [-0.1, -0.05) is 13.8 Å². The maximum absolute atomic E-state index is 14.4. The SMILES string of the molecule is CC(C)c1ncncc1-c1cc(F)ccc1Oc1cncnc1N1CCC(NCC2CCC(C)(C#N)CC2)CC1. The molecule has 9 heteroatoms. The van der Waals surface area contributed by atoms with Gasteiger partial charge in [0.1, 0.15) is 24.2 Å². The number of hydrogen-bond acceptors (Lipinski definition) is 8.